The monoisotopic (exact) mass is 184 g/mol. The minimum atomic E-state index is 0.155. The number of rotatable bonds is 0. The van der Waals surface area contributed by atoms with Gasteiger partial charge < -0.3 is 0 Å². The summed E-state index contributed by atoms with van der Waals surface area (Å²) in [5, 5.41) is 0.155. The first-order valence-electron chi connectivity index (χ1n) is 4.60. The second-order valence-electron chi connectivity index (χ2n) is 3.83. The van der Waals surface area contributed by atoms with E-state index in [1.807, 2.05) is 6.92 Å². The van der Waals surface area contributed by atoms with Gasteiger partial charge in [-0.2, -0.15) is 0 Å². The van der Waals surface area contributed by atoms with E-state index in [1.54, 1.807) is 0 Å². The number of hydrogen-bond donors (Lipinski definition) is 0. The van der Waals surface area contributed by atoms with Gasteiger partial charge in [-0.3, -0.25) is 4.79 Å². The summed E-state index contributed by atoms with van der Waals surface area (Å²) in [6.07, 6.45) is 4.04. The van der Waals surface area contributed by atoms with E-state index in [-0.39, 0.29) is 11.3 Å². The number of hydrogen-bond acceptors (Lipinski definition) is 1. The van der Waals surface area contributed by atoms with Crippen LogP contribution in [0.15, 0.2) is 11.1 Å². The summed E-state index contributed by atoms with van der Waals surface area (Å²) in [6, 6.07) is 0. The van der Waals surface area contributed by atoms with Gasteiger partial charge in [0, 0.05) is 5.92 Å². The van der Waals surface area contributed by atoms with Gasteiger partial charge in [0.15, 0.2) is 5.78 Å². The number of carbonyl (C=O) groups is 1. The van der Waals surface area contributed by atoms with Crippen molar-refractivity contribution < 1.29 is 4.79 Å². The van der Waals surface area contributed by atoms with Crippen molar-refractivity contribution in [1.82, 2.24) is 0 Å². The van der Waals surface area contributed by atoms with Gasteiger partial charge in [0.2, 0.25) is 0 Å². The van der Waals surface area contributed by atoms with E-state index in [0.29, 0.717) is 5.78 Å². The van der Waals surface area contributed by atoms with Crippen LogP contribution in [-0.2, 0) is 4.79 Å². The zero-order chi connectivity index (χ0) is 8.72. The maximum absolute atomic E-state index is 11.6. The molecule has 0 aromatic heterocycles. The Labute approximate surface area is 77.8 Å². The van der Waals surface area contributed by atoms with Crippen molar-refractivity contribution in [2.75, 3.05) is 0 Å². The first kappa shape index (κ1) is 8.31. The number of Topliss-reactive ketones (excluding diaryl/α,β-unsaturated/α-hetero) is 1. The molecule has 2 aliphatic carbocycles. The van der Waals surface area contributed by atoms with Crippen LogP contribution in [-0.4, -0.2) is 11.2 Å². The summed E-state index contributed by atoms with van der Waals surface area (Å²) < 4.78 is 0. The number of allylic oxidation sites excluding steroid dienone is 2. The Balaban J connectivity index is 2.32. The fraction of sp³-hybridized carbons (Fsp3) is 0.700. The molecule has 66 valence electrons. The Morgan fingerprint density at radius 3 is 2.92 bits per heavy atom. The molecule has 0 aromatic carbocycles. The minimum absolute atomic E-state index is 0.155. The Hall–Kier alpha value is -0.300. The number of halogens is 1. The molecular weight excluding hydrogens is 172 g/mol. The molecular formula is C10H13ClO. The van der Waals surface area contributed by atoms with Gasteiger partial charge in [-0.05, 0) is 36.8 Å². The van der Waals surface area contributed by atoms with E-state index in [4.69, 9.17) is 11.6 Å². The van der Waals surface area contributed by atoms with Gasteiger partial charge in [0.05, 0.1) is 5.38 Å². The summed E-state index contributed by atoms with van der Waals surface area (Å²) in [5.41, 5.74) is 2.31. The molecule has 2 atom stereocenters. The van der Waals surface area contributed by atoms with Crippen LogP contribution < -0.4 is 0 Å². The van der Waals surface area contributed by atoms with Gasteiger partial charge in [-0.25, -0.2) is 0 Å². The first-order valence-corrected chi connectivity index (χ1v) is 5.04. The van der Waals surface area contributed by atoms with E-state index in [1.165, 1.54) is 5.57 Å². The normalized spacial score (nSPS) is 35.7. The zero-order valence-corrected chi connectivity index (χ0v) is 8.03. The van der Waals surface area contributed by atoms with E-state index >= 15 is 0 Å². The fourth-order valence-corrected chi connectivity index (χ4v) is 2.61. The quantitative estimate of drug-likeness (QED) is 0.529. The van der Waals surface area contributed by atoms with E-state index in [2.05, 4.69) is 0 Å². The minimum Gasteiger partial charge on any atom is -0.294 e. The third-order valence-corrected chi connectivity index (χ3v) is 3.40. The summed E-state index contributed by atoms with van der Waals surface area (Å²) in [7, 11) is 0. The first-order chi connectivity index (χ1) is 5.70. The van der Waals surface area contributed by atoms with Gasteiger partial charge >= 0.3 is 0 Å². The Bertz CT molecular complexity index is 255. The molecule has 2 rings (SSSR count). The van der Waals surface area contributed by atoms with Gasteiger partial charge in [-0.1, -0.05) is 6.92 Å². The van der Waals surface area contributed by atoms with Crippen LogP contribution in [0, 0.1) is 5.92 Å². The molecule has 0 bridgehead atoms. The van der Waals surface area contributed by atoms with Crippen LogP contribution in [0.3, 0.4) is 0 Å². The van der Waals surface area contributed by atoms with Crippen molar-refractivity contribution in [2.45, 2.75) is 38.0 Å². The third kappa shape index (κ3) is 1.11. The van der Waals surface area contributed by atoms with Crippen molar-refractivity contribution >= 4 is 17.4 Å². The van der Waals surface area contributed by atoms with Gasteiger partial charge in [-0.15, -0.1) is 11.6 Å². The Morgan fingerprint density at radius 1 is 1.50 bits per heavy atom. The second kappa shape index (κ2) is 2.88. The van der Waals surface area contributed by atoms with Crippen molar-refractivity contribution in [2.24, 2.45) is 5.92 Å². The lowest BCUT2D eigenvalue weighted by Crippen LogP contribution is -2.11. The van der Waals surface area contributed by atoms with Crippen LogP contribution in [0.4, 0.5) is 0 Å². The number of carbonyl (C=O) groups excluding carboxylic acids is 1. The summed E-state index contributed by atoms with van der Waals surface area (Å²) in [4.78, 5) is 11.6. The second-order valence-corrected chi connectivity index (χ2v) is 4.36. The van der Waals surface area contributed by atoms with Crippen LogP contribution in [0.25, 0.3) is 0 Å². The molecule has 0 fully saturated rings. The molecule has 0 aliphatic heterocycles. The Kier molecular flexibility index (Phi) is 1.99. The lowest BCUT2D eigenvalue weighted by molar-refractivity contribution is -0.118. The molecule has 0 spiro atoms. The maximum Gasteiger partial charge on any atom is 0.161 e. The van der Waals surface area contributed by atoms with Crippen LogP contribution in [0.5, 0.6) is 0 Å². The highest BCUT2D eigenvalue weighted by Crippen LogP contribution is 2.39. The average molecular weight is 185 g/mol. The predicted molar refractivity (Wildman–Crippen MR) is 49.3 cm³/mol. The lowest BCUT2D eigenvalue weighted by atomic mass is 9.93. The van der Waals surface area contributed by atoms with E-state index in [0.717, 1.165) is 31.3 Å². The summed E-state index contributed by atoms with van der Waals surface area (Å²) in [6.45, 7) is 2.00. The summed E-state index contributed by atoms with van der Waals surface area (Å²) in [5.74, 6) is 0.560. The average Bonchev–Trinajstić information content (AvgIpc) is 2.32. The molecule has 0 amide bonds. The number of ketones is 1. The third-order valence-electron chi connectivity index (χ3n) is 2.92. The highest BCUT2D eigenvalue weighted by Gasteiger charge is 2.34. The highest BCUT2D eigenvalue weighted by atomic mass is 35.5. The van der Waals surface area contributed by atoms with Crippen molar-refractivity contribution in [3.63, 3.8) is 0 Å². The van der Waals surface area contributed by atoms with Crippen molar-refractivity contribution in [3.8, 4) is 0 Å². The molecule has 2 heteroatoms. The predicted octanol–water partition coefficient (Wildman–Crippen LogP) is 2.68. The molecule has 2 aliphatic rings. The highest BCUT2D eigenvalue weighted by molar-refractivity contribution is 6.23. The SMILES string of the molecule is C[C@@H]1CC2=C(CCC[C@@H]2Cl)C1=O. The topological polar surface area (TPSA) is 17.1 Å². The van der Waals surface area contributed by atoms with E-state index < -0.39 is 0 Å². The Morgan fingerprint density at radius 2 is 2.25 bits per heavy atom. The molecule has 0 saturated heterocycles. The fourth-order valence-electron chi connectivity index (χ4n) is 2.23. The van der Waals surface area contributed by atoms with Crippen LogP contribution in [0.2, 0.25) is 0 Å². The largest absolute Gasteiger partial charge is 0.294 e. The standard InChI is InChI=1S/C10H13ClO/c1-6-5-8-7(10(6)12)3-2-4-9(8)11/h6,9H,2-5H2,1H3/t6-,9+/m1/s1. The van der Waals surface area contributed by atoms with Crippen LogP contribution >= 0.6 is 11.6 Å². The van der Waals surface area contributed by atoms with Crippen molar-refractivity contribution in [1.29, 1.82) is 0 Å². The molecule has 0 aromatic rings. The van der Waals surface area contributed by atoms with E-state index in [9.17, 15) is 4.79 Å². The molecule has 0 N–H and O–H groups in total. The molecule has 12 heavy (non-hydrogen) atoms. The molecule has 0 heterocycles. The molecule has 1 nitrogen and oxygen atoms in total. The van der Waals surface area contributed by atoms with Crippen molar-refractivity contribution in [3.05, 3.63) is 11.1 Å². The van der Waals surface area contributed by atoms with Gasteiger partial charge in [0.25, 0.3) is 0 Å². The molecule has 0 saturated carbocycles. The summed E-state index contributed by atoms with van der Waals surface area (Å²) >= 11 is 6.14. The zero-order valence-electron chi connectivity index (χ0n) is 7.27. The lowest BCUT2D eigenvalue weighted by Gasteiger charge is -2.17. The van der Waals surface area contributed by atoms with Crippen LogP contribution in [0.1, 0.15) is 32.6 Å². The molecule has 0 radical (unpaired) electrons. The smallest absolute Gasteiger partial charge is 0.161 e. The van der Waals surface area contributed by atoms with Gasteiger partial charge in [0.1, 0.15) is 0 Å². The maximum atomic E-state index is 11.6. The molecule has 0 unspecified atom stereocenters. The number of alkyl halides is 1.